The van der Waals surface area contributed by atoms with Crippen LogP contribution in [0.1, 0.15) is 10.4 Å². The van der Waals surface area contributed by atoms with Gasteiger partial charge in [-0.15, -0.1) is 0 Å². The third kappa shape index (κ3) is 2.82. The van der Waals surface area contributed by atoms with E-state index in [1.165, 1.54) is 24.1 Å². The number of hydrogen-bond donors (Lipinski definition) is 0. The molecule has 1 aliphatic heterocycles. The SMILES string of the molecule is COc1ccc(S(=O)(=O)C2CN(C(=O)c3ccc4nsnc4c3)C2)cc1. The highest BCUT2D eigenvalue weighted by Gasteiger charge is 2.40. The molecule has 1 fully saturated rings. The quantitative estimate of drug-likeness (QED) is 0.678. The smallest absolute Gasteiger partial charge is 0.254 e. The Bertz CT molecular complexity index is 1070. The minimum atomic E-state index is -3.47. The van der Waals surface area contributed by atoms with Gasteiger partial charge in [-0.05, 0) is 42.5 Å². The maximum absolute atomic E-state index is 12.7. The van der Waals surface area contributed by atoms with Crippen LogP contribution in [0.15, 0.2) is 47.4 Å². The average Bonchev–Trinajstić information content (AvgIpc) is 3.07. The van der Waals surface area contributed by atoms with Crippen molar-refractivity contribution >= 4 is 38.5 Å². The lowest BCUT2D eigenvalue weighted by atomic mass is 10.1. The number of aromatic nitrogens is 2. The highest BCUT2D eigenvalue weighted by molar-refractivity contribution is 7.92. The second kappa shape index (κ2) is 6.33. The minimum Gasteiger partial charge on any atom is -0.497 e. The fraction of sp³-hybridized carbons (Fsp3) is 0.235. The standard InChI is InChI=1S/C17H15N3O4S2/c1-24-12-3-5-13(6-4-12)26(22,23)14-9-20(10-14)17(21)11-2-7-15-16(8-11)19-25-18-15/h2-8,14H,9-10H2,1H3. The van der Waals surface area contributed by atoms with E-state index in [4.69, 9.17) is 4.74 Å². The van der Waals surface area contributed by atoms with E-state index in [1.807, 2.05) is 0 Å². The van der Waals surface area contributed by atoms with Crippen LogP contribution in [0.4, 0.5) is 0 Å². The summed E-state index contributed by atoms with van der Waals surface area (Å²) in [5.41, 5.74) is 1.91. The lowest BCUT2D eigenvalue weighted by Gasteiger charge is -2.38. The number of fused-ring (bicyclic) bond motifs is 1. The molecular formula is C17H15N3O4S2. The Morgan fingerprint density at radius 1 is 1.12 bits per heavy atom. The van der Waals surface area contributed by atoms with Gasteiger partial charge in [0.25, 0.3) is 5.91 Å². The molecule has 1 aliphatic rings. The van der Waals surface area contributed by atoms with E-state index in [9.17, 15) is 13.2 Å². The predicted molar refractivity (Wildman–Crippen MR) is 97.3 cm³/mol. The fourth-order valence-corrected chi connectivity index (χ4v) is 5.03. The Labute approximate surface area is 154 Å². The Morgan fingerprint density at radius 3 is 2.50 bits per heavy atom. The van der Waals surface area contributed by atoms with Crippen LogP contribution < -0.4 is 4.74 Å². The molecule has 4 rings (SSSR count). The fourth-order valence-electron chi connectivity index (χ4n) is 2.86. The van der Waals surface area contributed by atoms with Crippen molar-refractivity contribution in [2.45, 2.75) is 10.1 Å². The first kappa shape index (κ1) is 16.9. The van der Waals surface area contributed by atoms with Gasteiger partial charge in [0, 0.05) is 18.7 Å². The van der Waals surface area contributed by atoms with Gasteiger partial charge in [-0.3, -0.25) is 4.79 Å². The first-order chi connectivity index (χ1) is 12.5. The summed E-state index contributed by atoms with van der Waals surface area (Å²) in [5, 5.41) is -0.593. The molecule has 0 aliphatic carbocycles. The molecule has 1 saturated heterocycles. The van der Waals surface area contributed by atoms with Crippen molar-refractivity contribution in [3.05, 3.63) is 48.0 Å². The van der Waals surface area contributed by atoms with E-state index in [-0.39, 0.29) is 23.9 Å². The number of nitrogens with zero attached hydrogens (tertiary/aromatic N) is 3. The molecule has 0 atom stereocenters. The number of benzene rings is 2. The van der Waals surface area contributed by atoms with E-state index < -0.39 is 15.1 Å². The van der Waals surface area contributed by atoms with Gasteiger partial charge in [0.15, 0.2) is 9.84 Å². The van der Waals surface area contributed by atoms with Crippen molar-refractivity contribution in [1.29, 1.82) is 0 Å². The molecule has 134 valence electrons. The van der Waals surface area contributed by atoms with E-state index >= 15 is 0 Å². The molecule has 3 aromatic rings. The molecule has 9 heteroatoms. The van der Waals surface area contributed by atoms with Crippen LogP contribution in [0, 0.1) is 0 Å². The van der Waals surface area contributed by atoms with Crippen molar-refractivity contribution in [2.75, 3.05) is 20.2 Å². The molecule has 2 aromatic carbocycles. The highest BCUT2D eigenvalue weighted by atomic mass is 32.2. The Morgan fingerprint density at radius 2 is 1.81 bits per heavy atom. The van der Waals surface area contributed by atoms with Gasteiger partial charge in [0.05, 0.1) is 23.7 Å². The second-order valence-electron chi connectivity index (χ2n) is 6.02. The number of carbonyl (C=O) groups excluding carboxylic acids is 1. The van der Waals surface area contributed by atoms with Gasteiger partial charge >= 0.3 is 0 Å². The third-order valence-corrected chi connectivity index (χ3v) is 7.12. The second-order valence-corrected chi connectivity index (χ2v) is 8.78. The number of rotatable bonds is 4. The summed E-state index contributed by atoms with van der Waals surface area (Å²) in [6, 6.07) is 11.4. The zero-order valence-corrected chi connectivity index (χ0v) is 15.5. The molecule has 0 radical (unpaired) electrons. The Hall–Kier alpha value is -2.52. The third-order valence-electron chi connectivity index (χ3n) is 4.46. The monoisotopic (exact) mass is 389 g/mol. The van der Waals surface area contributed by atoms with Gasteiger partial charge in [0.2, 0.25) is 0 Å². The molecular weight excluding hydrogens is 374 g/mol. The number of amides is 1. The van der Waals surface area contributed by atoms with E-state index in [2.05, 4.69) is 8.75 Å². The molecule has 0 N–H and O–H groups in total. The van der Waals surface area contributed by atoms with Gasteiger partial charge in [-0.2, -0.15) is 8.75 Å². The summed E-state index contributed by atoms with van der Waals surface area (Å²) in [6.07, 6.45) is 0. The van der Waals surface area contributed by atoms with E-state index in [0.29, 0.717) is 16.8 Å². The molecule has 0 saturated carbocycles. The van der Waals surface area contributed by atoms with Crippen molar-refractivity contribution in [3.8, 4) is 5.75 Å². The van der Waals surface area contributed by atoms with Gasteiger partial charge in [0.1, 0.15) is 22.0 Å². The molecule has 26 heavy (non-hydrogen) atoms. The molecule has 2 heterocycles. The Balaban J connectivity index is 1.47. The van der Waals surface area contributed by atoms with Crippen LogP contribution in [0.25, 0.3) is 11.0 Å². The van der Waals surface area contributed by atoms with Gasteiger partial charge in [-0.1, -0.05) is 0 Å². The lowest BCUT2D eigenvalue weighted by Crippen LogP contribution is -2.56. The van der Waals surface area contributed by atoms with Crippen LogP contribution in [-0.2, 0) is 9.84 Å². The first-order valence-electron chi connectivity index (χ1n) is 7.88. The summed E-state index contributed by atoms with van der Waals surface area (Å²) in [7, 11) is -1.95. The van der Waals surface area contributed by atoms with Gasteiger partial charge < -0.3 is 9.64 Å². The molecule has 7 nitrogen and oxygen atoms in total. The van der Waals surface area contributed by atoms with Crippen LogP contribution in [0.3, 0.4) is 0 Å². The normalized spacial score (nSPS) is 15.0. The number of ether oxygens (including phenoxy) is 1. The van der Waals surface area contributed by atoms with Crippen LogP contribution in [0.5, 0.6) is 5.75 Å². The molecule has 0 unspecified atom stereocenters. The van der Waals surface area contributed by atoms with Gasteiger partial charge in [-0.25, -0.2) is 8.42 Å². The number of methoxy groups -OCH3 is 1. The zero-order chi connectivity index (χ0) is 18.3. The molecule has 1 aromatic heterocycles. The van der Waals surface area contributed by atoms with Crippen molar-refractivity contribution in [2.24, 2.45) is 0 Å². The number of carbonyl (C=O) groups is 1. The lowest BCUT2D eigenvalue weighted by molar-refractivity contribution is 0.0659. The molecule has 0 spiro atoms. The minimum absolute atomic E-state index is 0.181. The van der Waals surface area contributed by atoms with Crippen molar-refractivity contribution in [3.63, 3.8) is 0 Å². The number of likely N-dealkylation sites (tertiary alicyclic amines) is 1. The summed E-state index contributed by atoms with van der Waals surface area (Å²) in [5.74, 6) is 0.405. The van der Waals surface area contributed by atoms with Crippen molar-refractivity contribution < 1.29 is 17.9 Å². The predicted octanol–water partition coefficient (Wildman–Crippen LogP) is 2.00. The highest BCUT2D eigenvalue weighted by Crippen LogP contribution is 2.27. The largest absolute Gasteiger partial charge is 0.497 e. The van der Waals surface area contributed by atoms with Crippen molar-refractivity contribution in [1.82, 2.24) is 13.6 Å². The summed E-state index contributed by atoms with van der Waals surface area (Å²) < 4.78 is 38.6. The average molecular weight is 389 g/mol. The summed E-state index contributed by atoms with van der Waals surface area (Å²) in [6.45, 7) is 0.362. The maximum Gasteiger partial charge on any atom is 0.254 e. The van der Waals surface area contributed by atoms with E-state index in [1.54, 1.807) is 30.3 Å². The Kier molecular flexibility index (Phi) is 4.12. The topological polar surface area (TPSA) is 89.5 Å². The van der Waals surface area contributed by atoms with Crippen LogP contribution in [-0.4, -0.2) is 53.4 Å². The number of hydrogen-bond acceptors (Lipinski definition) is 7. The zero-order valence-electron chi connectivity index (χ0n) is 13.8. The molecule has 1 amide bonds. The first-order valence-corrected chi connectivity index (χ1v) is 10.2. The van der Waals surface area contributed by atoms with Crippen LogP contribution in [0.2, 0.25) is 0 Å². The summed E-state index contributed by atoms with van der Waals surface area (Å²) in [4.78, 5) is 14.3. The van der Waals surface area contributed by atoms with Crippen LogP contribution >= 0.6 is 11.7 Å². The maximum atomic E-state index is 12.7. The number of sulfone groups is 1. The summed E-state index contributed by atoms with van der Waals surface area (Å²) >= 11 is 1.09. The van der Waals surface area contributed by atoms with E-state index in [0.717, 1.165) is 17.2 Å². The molecule has 0 bridgehead atoms.